The molecule has 0 heterocycles. The van der Waals surface area contributed by atoms with E-state index in [1.807, 2.05) is 5.32 Å². The van der Waals surface area contributed by atoms with Crippen molar-refractivity contribution < 1.29 is 27.4 Å². The van der Waals surface area contributed by atoms with Crippen LogP contribution in [0, 0.1) is 0 Å². The third kappa shape index (κ3) is 4.40. The van der Waals surface area contributed by atoms with E-state index in [9.17, 15) is 18.0 Å². The predicted octanol–water partition coefficient (Wildman–Crippen LogP) is 2.57. The van der Waals surface area contributed by atoms with Crippen LogP contribution in [-0.4, -0.2) is 32.8 Å². The average Bonchev–Trinajstić information content (AvgIpc) is 2.45. The highest BCUT2D eigenvalue weighted by atomic mass is 19.4. The highest BCUT2D eigenvalue weighted by molar-refractivity contribution is 5.81. The summed E-state index contributed by atoms with van der Waals surface area (Å²) in [5.74, 6) is -1.04. The Balaban J connectivity index is 2.87. The molecule has 21 heavy (non-hydrogen) atoms. The summed E-state index contributed by atoms with van der Waals surface area (Å²) < 4.78 is 46.7. The minimum atomic E-state index is -4.89. The zero-order valence-electron chi connectivity index (χ0n) is 11.7. The quantitative estimate of drug-likeness (QED) is 0.878. The molecule has 1 amide bonds. The van der Waals surface area contributed by atoms with Crippen LogP contribution in [0.4, 0.5) is 13.2 Å². The summed E-state index contributed by atoms with van der Waals surface area (Å²) in [6.07, 6.45) is -3.15. The van der Waals surface area contributed by atoms with Gasteiger partial charge in [-0.2, -0.15) is 13.2 Å². The number of rotatable bonds is 6. The standard InChI is InChI=1S/C14H16F3NO3/c1-4-9-7-11(20-2)10(12(8-9)21-3)5-6-18-13(19)14(15,16)17/h4,7-8H,1,5-6H2,2-3H3,(H,18,19). The minimum absolute atomic E-state index is 0.144. The van der Waals surface area contributed by atoms with Crippen molar-refractivity contribution in [3.05, 3.63) is 29.8 Å². The number of hydrogen-bond acceptors (Lipinski definition) is 3. The first kappa shape index (κ1) is 16.9. The highest BCUT2D eigenvalue weighted by Crippen LogP contribution is 2.31. The summed E-state index contributed by atoms with van der Waals surface area (Å²) >= 11 is 0. The zero-order chi connectivity index (χ0) is 16.0. The summed E-state index contributed by atoms with van der Waals surface area (Å²) in [4.78, 5) is 10.8. The van der Waals surface area contributed by atoms with Gasteiger partial charge in [0, 0.05) is 12.1 Å². The van der Waals surface area contributed by atoms with Crippen LogP contribution in [0.15, 0.2) is 18.7 Å². The van der Waals surface area contributed by atoms with Gasteiger partial charge in [0.25, 0.3) is 0 Å². The van der Waals surface area contributed by atoms with Crippen molar-refractivity contribution in [3.8, 4) is 11.5 Å². The van der Waals surface area contributed by atoms with Gasteiger partial charge in [0.05, 0.1) is 14.2 Å². The molecule has 0 aromatic heterocycles. The number of hydrogen-bond donors (Lipinski definition) is 1. The van der Waals surface area contributed by atoms with Crippen molar-refractivity contribution >= 4 is 12.0 Å². The Morgan fingerprint density at radius 3 is 2.19 bits per heavy atom. The van der Waals surface area contributed by atoms with E-state index in [4.69, 9.17) is 9.47 Å². The van der Waals surface area contributed by atoms with Crippen LogP contribution < -0.4 is 14.8 Å². The molecule has 0 radical (unpaired) electrons. The monoisotopic (exact) mass is 303 g/mol. The molecule has 0 aliphatic rings. The lowest BCUT2D eigenvalue weighted by atomic mass is 10.1. The molecular weight excluding hydrogens is 287 g/mol. The molecule has 0 aliphatic carbocycles. The van der Waals surface area contributed by atoms with Crippen molar-refractivity contribution in [2.24, 2.45) is 0 Å². The lowest BCUT2D eigenvalue weighted by Gasteiger charge is -2.15. The van der Waals surface area contributed by atoms with E-state index < -0.39 is 12.1 Å². The molecule has 0 spiro atoms. The number of amides is 1. The molecule has 1 aromatic carbocycles. The fourth-order valence-electron chi connectivity index (χ4n) is 1.77. The van der Waals surface area contributed by atoms with Gasteiger partial charge in [-0.15, -0.1) is 0 Å². The molecule has 1 aromatic rings. The van der Waals surface area contributed by atoms with Gasteiger partial charge in [-0.1, -0.05) is 12.7 Å². The number of ether oxygens (including phenoxy) is 2. The second-order valence-electron chi connectivity index (χ2n) is 4.11. The Kier molecular flexibility index (Phi) is 5.63. The van der Waals surface area contributed by atoms with Gasteiger partial charge in [0.15, 0.2) is 0 Å². The van der Waals surface area contributed by atoms with Crippen LogP contribution in [0.2, 0.25) is 0 Å². The number of methoxy groups -OCH3 is 2. The van der Waals surface area contributed by atoms with Gasteiger partial charge >= 0.3 is 12.1 Å². The van der Waals surface area contributed by atoms with Gasteiger partial charge in [0.2, 0.25) is 0 Å². The van der Waals surface area contributed by atoms with Gasteiger partial charge in [-0.3, -0.25) is 4.79 Å². The van der Waals surface area contributed by atoms with E-state index in [1.54, 1.807) is 18.2 Å². The maximum atomic E-state index is 12.1. The molecule has 0 unspecified atom stereocenters. The molecule has 0 bridgehead atoms. The number of nitrogens with one attached hydrogen (secondary N) is 1. The molecule has 0 saturated carbocycles. The van der Waals surface area contributed by atoms with E-state index in [0.29, 0.717) is 17.1 Å². The van der Waals surface area contributed by atoms with Gasteiger partial charge < -0.3 is 14.8 Å². The normalized spacial score (nSPS) is 10.9. The van der Waals surface area contributed by atoms with Crippen LogP contribution in [-0.2, 0) is 11.2 Å². The number of carbonyl (C=O) groups excluding carboxylic acids is 1. The molecule has 1 rings (SSSR count). The Bertz CT molecular complexity index is 502. The Labute approximate surface area is 120 Å². The molecule has 7 heteroatoms. The summed E-state index contributed by atoms with van der Waals surface area (Å²) in [5, 5.41) is 1.81. The van der Waals surface area contributed by atoms with E-state index in [1.165, 1.54) is 14.2 Å². The lowest BCUT2D eigenvalue weighted by Crippen LogP contribution is -2.37. The van der Waals surface area contributed by atoms with Crippen molar-refractivity contribution in [1.82, 2.24) is 5.32 Å². The fraction of sp³-hybridized carbons (Fsp3) is 0.357. The topological polar surface area (TPSA) is 47.6 Å². The Morgan fingerprint density at radius 1 is 1.29 bits per heavy atom. The zero-order valence-corrected chi connectivity index (χ0v) is 11.7. The number of carbonyl (C=O) groups is 1. The lowest BCUT2D eigenvalue weighted by molar-refractivity contribution is -0.173. The second-order valence-corrected chi connectivity index (χ2v) is 4.11. The first-order chi connectivity index (χ1) is 9.83. The number of benzene rings is 1. The summed E-state index contributed by atoms with van der Waals surface area (Å²) in [7, 11) is 2.89. The van der Waals surface area contributed by atoms with Crippen LogP contribution in [0.3, 0.4) is 0 Å². The van der Waals surface area contributed by atoms with Gasteiger partial charge in [-0.05, 0) is 24.1 Å². The third-order valence-corrected chi connectivity index (χ3v) is 2.78. The van der Waals surface area contributed by atoms with Crippen LogP contribution in [0.5, 0.6) is 11.5 Å². The van der Waals surface area contributed by atoms with Crippen molar-refractivity contribution in [2.75, 3.05) is 20.8 Å². The van der Waals surface area contributed by atoms with Crippen LogP contribution in [0.1, 0.15) is 11.1 Å². The first-order valence-electron chi connectivity index (χ1n) is 6.05. The molecule has 0 atom stereocenters. The molecule has 0 fully saturated rings. The molecule has 4 nitrogen and oxygen atoms in total. The largest absolute Gasteiger partial charge is 0.496 e. The molecule has 1 N–H and O–H groups in total. The summed E-state index contributed by atoms with van der Waals surface area (Å²) in [6.45, 7) is 3.45. The minimum Gasteiger partial charge on any atom is -0.496 e. The van der Waals surface area contributed by atoms with E-state index in [0.717, 1.165) is 5.56 Å². The smallest absolute Gasteiger partial charge is 0.471 e. The van der Waals surface area contributed by atoms with Crippen molar-refractivity contribution in [2.45, 2.75) is 12.6 Å². The van der Waals surface area contributed by atoms with Crippen LogP contribution >= 0.6 is 0 Å². The maximum Gasteiger partial charge on any atom is 0.471 e. The van der Waals surface area contributed by atoms with Crippen molar-refractivity contribution in [3.63, 3.8) is 0 Å². The SMILES string of the molecule is C=Cc1cc(OC)c(CCNC(=O)C(F)(F)F)c(OC)c1. The van der Waals surface area contributed by atoms with Crippen molar-refractivity contribution in [1.29, 1.82) is 0 Å². The third-order valence-electron chi connectivity index (χ3n) is 2.78. The summed E-state index contributed by atoms with van der Waals surface area (Å²) in [6, 6.07) is 3.38. The maximum absolute atomic E-state index is 12.1. The number of halogens is 3. The average molecular weight is 303 g/mol. The second kappa shape index (κ2) is 7.01. The molecule has 116 valence electrons. The fourth-order valence-corrected chi connectivity index (χ4v) is 1.77. The molecule has 0 saturated heterocycles. The number of alkyl halides is 3. The van der Waals surface area contributed by atoms with E-state index in [2.05, 4.69) is 6.58 Å². The van der Waals surface area contributed by atoms with Crippen LogP contribution in [0.25, 0.3) is 6.08 Å². The highest BCUT2D eigenvalue weighted by Gasteiger charge is 2.38. The first-order valence-corrected chi connectivity index (χ1v) is 6.05. The van der Waals surface area contributed by atoms with Gasteiger partial charge in [0.1, 0.15) is 11.5 Å². The summed E-state index contributed by atoms with van der Waals surface area (Å²) in [5.41, 5.74) is 1.33. The van der Waals surface area contributed by atoms with E-state index >= 15 is 0 Å². The Morgan fingerprint density at radius 2 is 1.81 bits per heavy atom. The molecule has 0 aliphatic heterocycles. The Hall–Kier alpha value is -2.18. The van der Waals surface area contributed by atoms with E-state index in [-0.39, 0.29) is 13.0 Å². The predicted molar refractivity (Wildman–Crippen MR) is 72.4 cm³/mol. The molecular formula is C14H16F3NO3. The van der Waals surface area contributed by atoms with Gasteiger partial charge in [-0.25, -0.2) is 0 Å².